The van der Waals surface area contributed by atoms with E-state index in [-0.39, 0.29) is 0 Å². The molecule has 0 saturated heterocycles. The third-order valence-corrected chi connectivity index (χ3v) is 3.30. The van der Waals surface area contributed by atoms with Crippen LogP contribution in [0.5, 0.6) is 0 Å². The van der Waals surface area contributed by atoms with Crippen molar-refractivity contribution in [3.05, 3.63) is 17.0 Å². The largest absolute Gasteiger partial charge is 0.226 e. The van der Waals surface area contributed by atoms with Gasteiger partial charge in [-0.15, -0.1) is 11.8 Å². The highest BCUT2D eigenvalue weighted by molar-refractivity contribution is 7.99. The van der Waals surface area contributed by atoms with Crippen LogP contribution in [0.4, 0.5) is 0 Å². The SMILES string of the molecule is CC(C)CSc1cc(Cl)nc(C(C)C)n1. The number of hydrogen-bond acceptors (Lipinski definition) is 3. The Morgan fingerprint density at radius 2 is 1.93 bits per heavy atom. The van der Waals surface area contributed by atoms with E-state index in [0.717, 1.165) is 16.6 Å². The molecule has 1 rings (SSSR count). The zero-order valence-corrected chi connectivity index (χ0v) is 11.2. The second kappa shape index (κ2) is 5.71. The number of hydrogen-bond donors (Lipinski definition) is 0. The molecular weight excluding hydrogens is 228 g/mol. The number of thioether (sulfide) groups is 1. The molecule has 0 aromatic carbocycles. The Morgan fingerprint density at radius 1 is 1.27 bits per heavy atom. The van der Waals surface area contributed by atoms with Crippen molar-refractivity contribution in [3.8, 4) is 0 Å². The molecular formula is C11H17ClN2S. The Hall–Kier alpha value is -0.280. The summed E-state index contributed by atoms with van der Waals surface area (Å²) in [6.45, 7) is 8.53. The second-order valence-corrected chi connectivity index (χ2v) is 5.67. The molecule has 0 aliphatic rings. The predicted molar refractivity (Wildman–Crippen MR) is 66.7 cm³/mol. The first-order valence-corrected chi connectivity index (χ1v) is 6.52. The number of rotatable bonds is 4. The molecule has 0 aliphatic heterocycles. The highest BCUT2D eigenvalue weighted by Crippen LogP contribution is 2.23. The fraction of sp³-hybridized carbons (Fsp3) is 0.636. The van der Waals surface area contributed by atoms with E-state index >= 15 is 0 Å². The first kappa shape index (κ1) is 12.8. The van der Waals surface area contributed by atoms with Crippen molar-refractivity contribution in [3.63, 3.8) is 0 Å². The molecule has 1 aromatic heterocycles. The maximum atomic E-state index is 5.94. The lowest BCUT2D eigenvalue weighted by Gasteiger charge is -2.08. The average Bonchev–Trinajstić information content (AvgIpc) is 2.13. The maximum absolute atomic E-state index is 5.94. The molecule has 84 valence electrons. The lowest BCUT2D eigenvalue weighted by molar-refractivity contribution is 0.740. The summed E-state index contributed by atoms with van der Waals surface area (Å²) in [6.07, 6.45) is 0. The third-order valence-electron chi connectivity index (χ3n) is 1.77. The van der Waals surface area contributed by atoms with Crippen molar-refractivity contribution in [1.29, 1.82) is 0 Å². The van der Waals surface area contributed by atoms with Gasteiger partial charge >= 0.3 is 0 Å². The van der Waals surface area contributed by atoms with Crippen molar-refractivity contribution < 1.29 is 0 Å². The molecule has 0 N–H and O–H groups in total. The van der Waals surface area contributed by atoms with E-state index < -0.39 is 0 Å². The van der Waals surface area contributed by atoms with Gasteiger partial charge in [0.2, 0.25) is 0 Å². The van der Waals surface area contributed by atoms with E-state index in [0.29, 0.717) is 17.0 Å². The van der Waals surface area contributed by atoms with Gasteiger partial charge in [0, 0.05) is 17.7 Å². The number of aromatic nitrogens is 2. The highest BCUT2D eigenvalue weighted by atomic mass is 35.5. The standard InChI is InChI=1S/C11H17ClN2S/c1-7(2)6-15-10-5-9(12)13-11(14-10)8(3)4/h5,7-8H,6H2,1-4H3. The van der Waals surface area contributed by atoms with Crippen LogP contribution < -0.4 is 0 Å². The quantitative estimate of drug-likeness (QED) is 0.591. The zero-order valence-electron chi connectivity index (χ0n) is 9.62. The minimum atomic E-state index is 0.321. The molecule has 0 aliphatic carbocycles. The maximum Gasteiger partial charge on any atom is 0.133 e. The van der Waals surface area contributed by atoms with Crippen molar-refractivity contribution >= 4 is 23.4 Å². The molecule has 0 amide bonds. The van der Waals surface area contributed by atoms with Crippen LogP contribution in [0, 0.1) is 5.92 Å². The van der Waals surface area contributed by atoms with Gasteiger partial charge < -0.3 is 0 Å². The van der Waals surface area contributed by atoms with Crippen molar-refractivity contribution in [1.82, 2.24) is 9.97 Å². The minimum absolute atomic E-state index is 0.321. The van der Waals surface area contributed by atoms with Crippen LogP contribution in [-0.4, -0.2) is 15.7 Å². The van der Waals surface area contributed by atoms with Crippen LogP contribution in [0.3, 0.4) is 0 Å². The van der Waals surface area contributed by atoms with Crippen molar-refractivity contribution in [2.45, 2.75) is 38.6 Å². The van der Waals surface area contributed by atoms with Gasteiger partial charge in [-0.05, 0) is 5.92 Å². The van der Waals surface area contributed by atoms with Crippen molar-refractivity contribution in [2.24, 2.45) is 5.92 Å². The van der Waals surface area contributed by atoms with Crippen LogP contribution in [0.2, 0.25) is 5.15 Å². The average molecular weight is 245 g/mol. The van der Waals surface area contributed by atoms with E-state index in [4.69, 9.17) is 11.6 Å². The van der Waals surface area contributed by atoms with Crippen LogP contribution >= 0.6 is 23.4 Å². The summed E-state index contributed by atoms with van der Waals surface area (Å²) < 4.78 is 0. The smallest absolute Gasteiger partial charge is 0.133 e. The zero-order chi connectivity index (χ0) is 11.4. The summed E-state index contributed by atoms with van der Waals surface area (Å²) >= 11 is 7.68. The normalized spacial score (nSPS) is 11.4. The Kier molecular flexibility index (Phi) is 4.87. The molecule has 0 saturated carbocycles. The van der Waals surface area contributed by atoms with Gasteiger partial charge in [0.05, 0.1) is 0 Å². The molecule has 2 nitrogen and oxygen atoms in total. The summed E-state index contributed by atoms with van der Waals surface area (Å²) in [5.74, 6) is 2.87. The topological polar surface area (TPSA) is 25.8 Å². The van der Waals surface area contributed by atoms with E-state index in [1.807, 2.05) is 6.07 Å². The molecule has 4 heteroatoms. The van der Waals surface area contributed by atoms with Gasteiger partial charge in [-0.2, -0.15) is 0 Å². The highest BCUT2D eigenvalue weighted by Gasteiger charge is 2.07. The lowest BCUT2D eigenvalue weighted by atomic mass is 10.2. The Labute approximate surface area is 101 Å². The predicted octanol–water partition coefficient (Wildman–Crippen LogP) is 4.00. The molecule has 1 aromatic rings. The number of halogens is 1. The van der Waals surface area contributed by atoms with E-state index in [1.54, 1.807) is 11.8 Å². The molecule has 0 atom stereocenters. The molecule has 0 radical (unpaired) electrons. The number of nitrogens with zero attached hydrogens (tertiary/aromatic N) is 2. The van der Waals surface area contributed by atoms with Gasteiger partial charge in [0.15, 0.2) is 0 Å². The fourth-order valence-corrected chi connectivity index (χ4v) is 2.11. The Balaban J connectivity index is 2.79. The summed E-state index contributed by atoms with van der Waals surface area (Å²) in [6, 6.07) is 1.83. The van der Waals surface area contributed by atoms with E-state index in [2.05, 4.69) is 37.7 Å². The monoisotopic (exact) mass is 244 g/mol. The van der Waals surface area contributed by atoms with Gasteiger partial charge in [0.1, 0.15) is 16.0 Å². The summed E-state index contributed by atoms with van der Waals surface area (Å²) in [5, 5.41) is 1.52. The Bertz CT molecular complexity index is 326. The first-order valence-electron chi connectivity index (χ1n) is 5.16. The van der Waals surface area contributed by atoms with Crippen LogP contribution in [-0.2, 0) is 0 Å². The van der Waals surface area contributed by atoms with E-state index in [1.165, 1.54) is 0 Å². The van der Waals surface area contributed by atoms with Gasteiger partial charge in [0.25, 0.3) is 0 Å². The van der Waals surface area contributed by atoms with Gasteiger partial charge in [-0.3, -0.25) is 0 Å². The second-order valence-electron chi connectivity index (χ2n) is 4.25. The summed E-state index contributed by atoms with van der Waals surface area (Å²) in [5.41, 5.74) is 0. The lowest BCUT2D eigenvalue weighted by Crippen LogP contribution is -2.00. The first-order chi connectivity index (χ1) is 6.99. The van der Waals surface area contributed by atoms with Crippen LogP contribution in [0.15, 0.2) is 11.1 Å². The summed E-state index contributed by atoms with van der Waals surface area (Å²) in [7, 11) is 0. The third kappa shape index (κ3) is 4.39. The van der Waals surface area contributed by atoms with E-state index in [9.17, 15) is 0 Å². The van der Waals surface area contributed by atoms with Crippen molar-refractivity contribution in [2.75, 3.05) is 5.75 Å². The minimum Gasteiger partial charge on any atom is -0.226 e. The van der Waals surface area contributed by atoms with Crippen LogP contribution in [0.1, 0.15) is 39.4 Å². The molecule has 0 spiro atoms. The van der Waals surface area contributed by atoms with Gasteiger partial charge in [-0.1, -0.05) is 39.3 Å². The molecule has 15 heavy (non-hydrogen) atoms. The Morgan fingerprint density at radius 3 is 2.47 bits per heavy atom. The molecule has 0 unspecified atom stereocenters. The molecule has 1 heterocycles. The summed E-state index contributed by atoms with van der Waals surface area (Å²) in [4.78, 5) is 8.67. The fourth-order valence-electron chi connectivity index (χ4n) is 0.998. The molecule has 0 bridgehead atoms. The van der Waals surface area contributed by atoms with Gasteiger partial charge in [-0.25, -0.2) is 9.97 Å². The van der Waals surface area contributed by atoms with Crippen LogP contribution in [0.25, 0.3) is 0 Å². The molecule has 0 fully saturated rings.